The van der Waals surface area contributed by atoms with Gasteiger partial charge >= 0.3 is 0 Å². The van der Waals surface area contributed by atoms with Crippen LogP contribution in [0.3, 0.4) is 0 Å². The van der Waals surface area contributed by atoms with E-state index in [1.807, 2.05) is 29.2 Å². The third-order valence-corrected chi connectivity index (χ3v) is 7.95. The van der Waals surface area contributed by atoms with Crippen molar-refractivity contribution in [3.8, 4) is 17.0 Å². The molecular weight excluding hydrogens is 592 g/mol. The lowest BCUT2D eigenvalue weighted by Crippen LogP contribution is -2.49. The first kappa shape index (κ1) is 29.9. The van der Waals surface area contributed by atoms with Gasteiger partial charge in [-0.25, -0.2) is 4.21 Å². The summed E-state index contributed by atoms with van der Waals surface area (Å²) in [5, 5.41) is 7.46. The SMILES string of the molecule is COc1ccccc1-c1noc(C)c1C(=O)N1CCN(c2cc(NC(=O)c3ccc(NS(C)=O)cc3)c(N)cc2Cl)CC1. The molecule has 1 fully saturated rings. The van der Waals surface area contributed by atoms with Crippen molar-refractivity contribution >= 4 is 57.2 Å². The standard InChI is InChI=1S/C30H31ClN6O5S/c1-18-27(28(34-42-18)21-6-4-5-7-26(21)41-2)30(39)37-14-12-36(13-15-37)25-17-24(23(32)16-22(25)31)33-29(38)19-8-10-20(11-9-19)35-43(3)40/h4-11,16-17,35H,12-15,32H2,1-3H3,(H,33,38). The molecule has 5 rings (SSSR count). The third-order valence-electron chi connectivity index (χ3n) is 7.12. The Labute approximate surface area is 256 Å². The molecule has 0 saturated carbocycles. The van der Waals surface area contributed by atoms with Crippen LogP contribution in [0.4, 0.5) is 22.7 Å². The van der Waals surface area contributed by atoms with Crippen LogP contribution in [0.2, 0.25) is 5.02 Å². The number of carbonyl (C=O) groups excluding carboxylic acids is 2. The predicted octanol–water partition coefficient (Wildman–Crippen LogP) is 4.81. The number of nitrogens with zero attached hydrogens (tertiary/aromatic N) is 3. The summed E-state index contributed by atoms with van der Waals surface area (Å²) in [4.78, 5) is 30.4. The van der Waals surface area contributed by atoms with Gasteiger partial charge in [0.2, 0.25) is 0 Å². The highest BCUT2D eigenvalue weighted by Gasteiger charge is 2.30. The first-order valence-electron chi connectivity index (χ1n) is 13.4. The van der Waals surface area contributed by atoms with Crippen LogP contribution in [-0.4, -0.2) is 65.6 Å². The lowest BCUT2D eigenvalue weighted by Gasteiger charge is -2.36. The van der Waals surface area contributed by atoms with Gasteiger partial charge in [0.25, 0.3) is 11.8 Å². The molecule has 2 heterocycles. The maximum Gasteiger partial charge on any atom is 0.259 e. The molecule has 224 valence electrons. The van der Waals surface area contributed by atoms with E-state index in [9.17, 15) is 13.8 Å². The quantitative estimate of drug-likeness (QED) is 0.238. The van der Waals surface area contributed by atoms with Crippen LogP contribution in [0.15, 0.2) is 65.2 Å². The zero-order valence-corrected chi connectivity index (χ0v) is 25.4. The van der Waals surface area contributed by atoms with Gasteiger partial charge in [-0.15, -0.1) is 0 Å². The second kappa shape index (κ2) is 12.8. The summed E-state index contributed by atoms with van der Waals surface area (Å²) in [6.45, 7) is 3.59. The summed E-state index contributed by atoms with van der Waals surface area (Å²) >= 11 is 6.59. The van der Waals surface area contributed by atoms with E-state index in [-0.39, 0.29) is 11.8 Å². The van der Waals surface area contributed by atoms with Crippen LogP contribution in [0, 0.1) is 6.92 Å². The van der Waals surface area contributed by atoms with Crippen LogP contribution < -0.4 is 25.4 Å². The summed E-state index contributed by atoms with van der Waals surface area (Å²) in [6, 6.07) is 17.3. The summed E-state index contributed by atoms with van der Waals surface area (Å²) < 4.78 is 25.1. The molecule has 4 aromatic rings. The van der Waals surface area contributed by atoms with Gasteiger partial charge in [0.15, 0.2) is 0 Å². The molecule has 0 radical (unpaired) electrons. The normalized spacial score (nSPS) is 13.9. The maximum atomic E-state index is 13.7. The van der Waals surface area contributed by atoms with Crippen molar-refractivity contribution in [3.63, 3.8) is 0 Å². The molecule has 13 heteroatoms. The number of benzene rings is 3. The maximum absolute atomic E-state index is 13.7. The van der Waals surface area contributed by atoms with Crippen LogP contribution >= 0.6 is 11.6 Å². The number of halogens is 1. The number of nitrogens with one attached hydrogen (secondary N) is 2. The Hall–Kier alpha value is -4.55. The molecule has 3 aromatic carbocycles. The molecule has 0 bridgehead atoms. The lowest BCUT2D eigenvalue weighted by atomic mass is 10.0. The number of hydrogen-bond donors (Lipinski definition) is 3. The van der Waals surface area contributed by atoms with Crippen LogP contribution in [0.5, 0.6) is 5.75 Å². The van der Waals surface area contributed by atoms with Crippen molar-refractivity contribution in [2.24, 2.45) is 0 Å². The molecule has 4 N–H and O–H groups in total. The van der Waals surface area contributed by atoms with Crippen molar-refractivity contribution in [1.29, 1.82) is 0 Å². The lowest BCUT2D eigenvalue weighted by molar-refractivity contribution is 0.0745. The average molecular weight is 623 g/mol. The first-order valence-corrected chi connectivity index (χ1v) is 15.3. The van der Waals surface area contributed by atoms with E-state index in [4.69, 9.17) is 26.6 Å². The molecule has 1 aliphatic rings. The van der Waals surface area contributed by atoms with E-state index in [0.29, 0.717) is 87.8 Å². The zero-order valence-electron chi connectivity index (χ0n) is 23.8. The Bertz CT molecular complexity index is 1690. The number of para-hydroxylation sites is 1. The Morgan fingerprint density at radius 1 is 1.07 bits per heavy atom. The molecule has 1 atom stereocenters. The number of amides is 2. The number of methoxy groups -OCH3 is 1. The fraction of sp³-hybridized carbons (Fsp3) is 0.233. The highest BCUT2D eigenvalue weighted by Crippen LogP contribution is 2.36. The highest BCUT2D eigenvalue weighted by atomic mass is 35.5. The Morgan fingerprint density at radius 2 is 1.77 bits per heavy atom. The minimum absolute atomic E-state index is 0.179. The third kappa shape index (κ3) is 6.45. The van der Waals surface area contributed by atoms with E-state index in [1.165, 1.54) is 6.26 Å². The average Bonchev–Trinajstić information content (AvgIpc) is 3.39. The van der Waals surface area contributed by atoms with Crippen molar-refractivity contribution < 1.29 is 23.1 Å². The van der Waals surface area contributed by atoms with E-state index in [0.717, 1.165) is 0 Å². The molecule has 1 unspecified atom stereocenters. The smallest absolute Gasteiger partial charge is 0.259 e. The first-order chi connectivity index (χ1) is 20.7. The van der Waals surface area contributed by atoms with Gasteiger partial charge in [0.05, 0.1) is 29.2 Å². The topological polar surface area (TPSA) is 143 Å². The van der Waals surface area contributed by atoms with Crippen molar-refractivity contribution in [2.45, 2.75) is 6.92 Å². The van der Waals surface area contributed by atoms with Gasteiger partial charge < -0.3 is 34.8 Å². The summed E-state index contributed by atoms with van der Waals surface area (Å²) in [5.74, 6) is 0.497. The van der Waals surface area contributed by atoms with Crippen LogP contribution in [-0.2, 0) is 11.0 Å². The van der Waals surface area contributed by atoms with Crippen molar-refractivity contribution in [3.05, 3.63) is 82.6 Å². The highest BCUT2D eigenvalue weighted by molar-refractivity contribution is 7.85. The van der Waals surface area contributed by atoms with Crippen molar-refractivity contribution in [1.82, 2.24) is 10.1 Å². The molecule has 1 saturated heterocycles. The number of aryl methyl sites for hydroxylation is 1. The number of aromatic nitrogens is 1. The van der Waals surface area contributed by atoms with Gasteiger partial charge in [-0.3, -0.25) is 9.59 Å². The number of rotatable bonds is 8. The Balaban J connectivity index is 1.29. The number of nitrogens with two attached hydrogens (primary N) is 1. The fourth-order valence-electron chi connectivity index (χ4n) is 4.93. The number of carbonyl (C=O) groups is 2. The van der Waals surface area contributed by atoms with Gasteiger partial charge in [0, 0.05) is 49.2 Å². The molecule has 2 amide bonds. The molecule has 43 heavy (non-hydrogen) atoms. The number of anilines is 4. The monoisotopic (exact) mass is 622 g/mol. The number of ether oxygens (including phenoxy) is 1. The second-order valence-corrected chi connectivity index (χ2v) is 11.4. The number of nitrogen functional groups attached to an aromatic ring is 1. The number of hydrogen-bond acceptors (Lipinski definition) is 8. The minimum Gasteiger partial charge on any atom is -0.496 e. The zero-order chi connectivity index (χ0) is 30.7. The van der Waals surface area contributed by atoms with Crippen molar-refractivity contribution in [2.75, 3.05) is 60.2 Å². The van der Waals surface area contributed by atoms with E-state index >= 15 is 0 Å². The molecule has 1 aliphatic heterocycles. The molecule has 1 aromatic heterocycles. The summed E-state index contributed by atoms with van der Waals surface area (Å²) in [5.41, 5.74) is 10.2. The number of piperazine rings is 1. The van der Waals surface area contributed by atoms with E-state index < -0.39 is 11.0 Å². The predicted molar refractivity (Wildman–Crippen MR) is 169 cm³/mol. The molecule has 0 aliphatic carbocycles. The van der Waals surface area contributed by atoms with Gasteiger partial charge in [0.1, 0.15) is 33.8 Å². The molecule has 0 spiro atoms. The van der Waals surface area contributed by atoms with Gasteiger partial charge in [-0.05, 0) is 55.5 Å². The van der Waals surface area contributed by atoms with E-state index in [2.05, 4.69) is 15.2 Å². The fourth-order valence-corrected chi connectivity index (χ4v) is 5.69. The van der Waals surface area contributed by atoms with Gasteiger partial charge in [-0.1, -0.05) is 28.9 Å². The Morgan fingerprint density at radius 3 is 2.44 bits per heavy atom. The minimum atomic E-state index is -1.22. The largest absolute Gasteiger partial charge is 0.496 e. The van der Waals surface area contributed by atoms with Crippen LogP contribution in [0.1, 0.15) is 26.5 Å². The second-order valence-electron chi connectivity index (χ2n) is 9.92. The summed E-state index contributed by atoms with van der Waals surface area (Å²) in [7, 11) is 0.350. The molecule has 11 nitrogen and oxygen atoms in total. The van der Waals surface area contributed by atoms with Crippen LogP contribution in [0.25, 0.3) is 11.3 Å². The van der Waals surface area contributed by atoms with Gasteiger partial charge in [-0.2, -0.15) is 0 Å². The summed E-state index contributed by atoms with van der Waals surface area (Å²) in [6.07, 6.45) is 1.52. The van der Waals surface area contributed by atoms with E-state index in [1.54, 1.807) is 55.3 Å². The Kier molecular flexibility index (Phi) is 8.88. The molecular formula is C30H31ClN6O5S.